The average Bonchev–Trinajstić information content (AvgIpc) is 2.80. The Morgan fingerprint density at radius 1 is 1.39 bits per heavy atom. The highest BCUT2D eigenvalue weighted by Gasteiger charge is 2.34. The van der Waals surface area contributed by atoms with Crippen LogP contribution < -0.4 is 0 Å². The van der Waals surface area contributed by atoms with Crippen LogP contribution in [0.5, 0.6) is 0 Å². The van der Waals surface area contributed by atoms with Crippen LogP contribution >= 0.6 is 0 Å². The van der Waals surface area contributed by atoms with E-state index >= 15 is 0 Å². The van der Waals surface area contributed by atoms with Crippen molar-refractivity contribution in [3.05, 3.63) is 23.0 Å². The summed E-state index contributed by atoms with van der Waals surface area (Å²) in [5.74, 6) is -1.39. The van der Waals surface area contributed by atoms with E-state index < -0.39 is 12.0 Å². The van der Waals surface area contributed by atoms with Crippen LogP contribution in [0.25, 0.3) is 11.0 Å². The molecule has 122 valence electrons. The summed E-state index contributed by atoms with van der Waals surface area (Å²) in [4.78, 5) is 30.2. The van der Waals surface area contributed by atoms with Gasteiger partial charge in [-0.25, -0.2) is 9.78 Å². The third-order valence-corrected chi connectivity index (χ3v) is 4.00. The van der Waals surface area contributed by atoms with E-state index in [0.717, 1.165) is 0 Å². The summed E-state index contributed by atoms with van der Waals surface area (Å²) in [7, 11) is 1.77. The number of amides is 1. The van der Waals surface area contributed by atoms with Gasteiger partial charge in [0.15, 0.2) is 11.7 Å². The molecular weight excluding hydrogens is 300 g/mol. The minimum absolute atomic E-state index is 0.000301. The standard InChI is InChI=1S/C15H18N4O4/c1-8-6-10(12-9(2)17-18(3)13(12)16-8)14(20)19-4-5-23-7-11(19)15(21)22/h6,11H,4-5,7H2,1-3H3,(H,21,22). The van der Waals surface area contributed by atoms with Crippen LogP contribution in [-0.4, -0.2) is 62.4 Å². The molecule has 2 aromatic heterocycles. The summed E-state index contributed by atoms with van der Waals surface area (Å²) in [6.45, 7) is 4.18. The number of aromatic nitrogens is 3. The van der Waals surface area contributed by atoms with Gasteiger partial charge in [0.2, 0.25) is 0 Å². The van der Waals surface area contributed by atoms with Crippen LogP contribution in [0.1, 0.15) is 21.7 Å². The number of carboxylic acid groups (broad SMARTS) is 1. The number of carbonyl (C=O) groups is 2. The molecule has 1 unspecified atom stereocenters. The summed E-state index contributed by atoms with van der Waals surface area (Å²) in [5.41, 5.74) is 2.43. The van der Waals surface area contributed by atoms with Gasteiger partial charge < -0.3 is 14.7 Å². The Kier molecular flexibility index (Phi) is 3.77. The molecule has 1 aliphatic heterocycles. The van der Waals surface area contributed by atoms with Crippen molar-refractivity contribution in [2.45, 2.75) is 19.9 Å². The predicted molar refractivity (Wildman–Crippen MR) is 81.3 cm³/mol. The van der Waals surface area contributed by atoms with Crippen molar-refractivity contribution >= 4 is 22.9 Å². The molecule has 1 amide bonds. The predicted octanol–water partition coefficient (Wildman–Crippen LogP) is 0.511. The van der Waals surface area contributed by atoms with Gasteiger partial charge in [0, 0.05) is 19.3 Å². The third kappa shape index (κ3) is 2.55. The van der Waals surface area contributed by atoms with Crippen LogP contribution in [0.3, 0.4) is 0 Å². The van der Waals surface area contributed by atoms with E-state index in [1.54, 1.807) is 24.7 Å². The molecule has 23 heavy (non-hydrogen) atoms. The van der Waals surface area contributed by atoms with Gasteiger partial charge in [0.05, 0.1) is 29.9 Å². The largest absolute Gasteiger partial charge is 0.480 e. The number of pyridine rings is 1. The van der Waals surface area contributed by atoms with Gasteiger partial charge in [-0.2, -0.15) is 5.10 Å². The highest BCUT2D eigenvalue weighted by Crippen LogP contribution is 2.24. The van der Waals surface area contributed by atoms with Crippen LogP contribution in [0, 0.1) is 13.8 Å². The molecule has 2 aromatic rings. The van der Waals surface area contributed by atoms with E-state index in [1.165, 1.54) is 4.90 Å². The van der Waals surface area contributed by atoms with E-state index in [4.69, 9.17) is 4.74 Å². The molecule has 1 atom stereocenters. The molecule has 8 nitrogen and oxygen atoms in total. The molecule has 8 heteroatoms. The summed E-state index contributed by atoms with van der Waals surface area (Å²) < 4.78 is 6.82. The van der Waals surface area contributed by atoms with E-state index in [9.17, 15) is 14.7 Å². The van der Waals surface area contributed by atoms with Gasteiger partial charge in [-0.3, -0.25) is 9.48 Å². The van der Waals surface area contributed by atoms with Gasteiger partial charge in [-0.1, -0.05) is 0 Å². The quantitative estimate of drug-likeness (QED) is 0.866. The highest BCUT2D eigenvalue weighted by atomic mass is 16.5. The van der Waals surface area contributed by atoms with E-state index in [-0.39, 0.29) is 19.1 Å². The Bertz CT molecular complexity index is 798. The zero-order valence-corrected chi connectivity index (χ0v) is 13.2. The third-order valence-electron chi connectivity index (χ3n) is 4.00. The first-order valence-corrected chi connectivity index (χ1v) is 7.32. The van der Waals surface area contributed by atoms with Crippen molar-refractivity contribution in [1.82, 2.24) is 19.7 Å². The number of morpholine rings is 1. The highest BCUT2D eigenvalue weighted by molar-refractivity contribution is 6.07. The van der Waals surface area contributed by atoms with Crippen molar-refractivity contribution in [3.8, 4) is 0 Å². The zero-order chi connectivity index (χ0) is 16.7. The fourth-order valence-electron chi connectivity index (χ4n) is 2.94. The topological polar surface area (TPSA) is 97.5 Å². The molecular formula is C15H18N4O4. The second kappa shape index (κ2) is 5.62. The fourth-order valence-corrected chi connectivity index (χ4v) is 2.94. The van der Waals surface area contributed by atoms with Gasteiger partial charge in [-0.05, 0) is 19.9 Å². The summed E-state index contributed by atoms with van der Waals surface area (Å²) in [6.07, 6.45) is 0. The number of aliphatic carboxylic acids is 1. The van der Waals surface area contributed by atoms with Crippen LogP contribution in [0.2, 0.25) is 0 Å². The maximum absolute atomic E-state index is 13.0. The molecule has 3 heterocycles. The Hall–Kier alpha value is -2.48. The lowest BCUT2D eigenvalue weighted by Crippen LogP contribution is -2.52. The smallest absolute Gasteiger partial charge is 0.328 e. The first kappa shape index (κ1) is 15.4. The molecule has 1 fully saturated rings. The van der Waals surface area contributed by atoms with Gasteiger partial charge in [-0.15, -0.1) is 0 Å². The molecule has 1 N–H and O–H groups in total. The Labute approximate surface area is 132 Å². The molecule has 0 aromatic carbocycles. The molecule has 0 bridgehead atoms. The molecule has 1 aliphatic rings. The zero-order valence-electron chi connectivity index (χ0n) is 13.2. The van der Waals surface area contributed by atoms with Crippen molar-refractivity contribution in [1.29, 1.82) is 0 Å². The van der Waals surface area contributed by atoms with Gasteiger partial charge >= 0.3 is 5.97 Å². The van der Waals surface area contributed by atoms with Crippen LogP contribution in [-0.2, 0) is 16.6 Å². The summed E-state index contributed by atoms with van der Waals surface area (Å²) in [5, 5.41) is 14.3. The first-order valence-electron chi connectivity index (χ1n) is 7.32. The Morgan fingerprint density at radius 3 is 2.83 bits per heavy atom. The number of aryl methyl sites for hydroxylation is 3. The lowest BCUT2D eigenvalue weighted by atomic mass is 10.1. The summed E-state index contributed by atoms with van der Waals surface area (Å²) in [6, 6.07) is 0.713. The molecule has 0 radical (unpaired) electrons. The number of hydrogen-bond acceptors (Lipinski definition) is 5. The average molecular weight is 318 g/mol. The number of fused-ring (bicyclic) bond motifs is 1. The normalized spacial score (nSPS) is 18.4. The second-order valence-electron chi connectivity index (χ2n) is 5.65. The number of nitrogens with zero attached hydrogens (tertiary/aromatic N) is 4. The lowest BCUT2D eigenvalue weighted by Gasteiger charge is -2.33. The van der Waals surface area contributed by atoms with Gasteiger partial charge in [0.25, 0.3) is 5.91 Å². The second-order valence-corrected chi connectivity index (χ2v) is 5.65. The SMILES string of the molecule is Cc1cc(C(=O)N2CCOCC2C(=O)O)c2c(C)nn(C)c2n1. The fraction of sp³-hybridized carbons (Fsp3) is 0.467. The Morgan fingerprint density at radius 2 is 2.13 bits per heavy atom. The van der Waals surface area contributed by atoms with Gasteiger partial charge in [0.1, 0.15) is 0 Å². The monoisotopic (exact) mass is 318 g/mol. The van der Waals surface area contributed by atoms with Crippen LogP contribution in [0.15, 0.2) is 6.07 Å². The molecule has 0 spiro atoms. The molecule has 1 saturated heterocycles. The van der Waals surface area contributed by atoms with E-state index in [2.05, 4.69) is 10.1 Å². The maximum Gasteiger partial charge on any atom is 0.328 e. The molecule has 0 aliphatic carbocycles. The first-order chi connectivity index (χ1) is 10.9. The van der Waals surface area contributed by atoms with Crippen molar-refractivity contribution in [2.75, 3.05) is 19.8 Å². The lowest BCUT2D eigenvalue weighted by molar-refractivity contribution is -0.147. The summed E-state index contributed by atoms with van der Waals surface area (Å²) >= 11 is 0. The minimum atomic E-state index is -1.07. The van der Waals surface area contributed by atoms with Crippen LogP contribution in [0.4, 0.5) is 0 Å². The van der Waals surface area contributed by atoms with Crippen molar-refractivity contribution in [2.24, 2.45) is 7.05 Å². The number of carbonyl (C=O) groups excluding carboxylic acids is 1. The number of rotatable bonds is 2. The van der Waals surface area contributed by atoms with E-state index in [1.807, 2.05) is 6.92 Å². The molecule has 3 rings (SSSR count). The van der Waals surface area contributed by atoms with Crippen molar-refractivity contribution in [3.63, 3.8) is 0 Å². The maximum atomic E-state index is 13.0. The number of hydrogen-bond donors (Lipinski definition) is 1. The van der Waals surface area contributed by atoms with E-state index in [0.29, 0.717) is 34.6 Å². The molecule has 0 saturated carbocycles. The minimum Gasteiger partial charge on any atom is -0.480 e. The number of carboxylic acids is 1. The Balaban J connectivity index is 2.12. The van der Waals surface area contributed by atoms with Crippen molar-refractivity contribution < 1.29 is 19.4 Å². The number of ether oxygens (including phenoxy) is 1.